The van der Waals surface area contributed by atoms with Crippen LogP contribution in [0.3, 0.4) is 0 Å². The van der Waals surface area contributed by atoms with Gasteiger partial charge in [0.15, 0.2) is 11.6 Å². The standard InChI is InChI=1S/C20H21F2N3O2/c1-13(14-6-7-17(21)18(22)9-14)24(2)20(27)15-10-19(26)25(11-15)12-16-5-3-4-8-23-16/h3-9,13,15H,10-12H2,1-2H3/t13-,15-/m1/s1. The lowest BCUT2D eigenvalue weighted by molar-refractivity contribution is -0.136. The van der Waals surface area contributed by atoms with Gasteiger partial charge in [0, 0.05) is 26.2 Å². The summed E-state index contributed by atoms with van der Waals surface area (Å²) < 4.78 is 26.6. The molecule has 5 nitrogen and oxygen atoms in total. The van der Waals surface area contributed by atoms with Crippen molar-refractivity contribution in [2.75, 3.05) is 13.6 Å². The molecule has 142 valence electrons. The fourth-order valence-corrected chi connectivity index (χ4v) is 3.25. The summed E-state index contributed by atoms with van der Waals surface area (Å²) in [6.45, 7) is 2.43. The zero-order chi connectivity index (χ0) is 19.6. The van der Waals surface area contributed by atoms with Crippen molar-refractivity contribution in [3.63, 3.8) is 0 Å². The van der Waals surface area contributed by atoms with Gasteiger partial charge in [-0.05, 0) is 36.8 Å². The van der Waals surface area contributed by atoms with Gasteiger partial charge in [0.1, 0.15) is 0 Å². The lowest BCUT2D eigenvalue weighted by Gasteiger charge is -2.28. The van der Waals surface area contributed by atoms with E-state index in [2.05, 4.69) is 4.98 Å². The van der Waals surface area contributed by atoms with Crippen molar-refractivity contribution in [3.8, 4) is 0 Å². The predicted molar refractivity (Wildman–Crippen MR) is 95.3 cm³/mol. The molecule has 0 bridgehead atoms. The predicted octanol–water partition coefficient (Wildman–Crippen LogP) is 2.93. The zero-order valence-electron chi connectivity index (χ0n) is 15.2. The average Bonchev–Trinajstić information content (AvgIpc) is 3.03. The van der Waals surface area contributed by atoms with E-state index < -0.39 is 23.6 Å². The van der Waals surface area contributed by atoms with E-state index in [4.69, 9.17) is 0 Å². The molecule has 1 aliphatic heterocycles. The smallest absolute Gasteiger partial charge is 0.228 e. The van der Waals surface area contributed by atoms with E-state index in [0.717, 1.165) is 17.8 Å². The van der Waals surface area contributed by atoms with E-state index >= 15 is 0 Å². The molecule has 0 spiro atoms. The van der Waals surface area contributed by atoms with Gasteiger partial charge in [-0.2, -0.15) is 0 Å². The second kappa shape index (κ2) is 7.82. The maximum Gasteiger partial charge on any atom is 0.228 e. The molecule has 2 aromatic rings. The lowest BCUT2D eigenvalue weighted by atomic mass is 10.0. The average molecular weight is 373 g/mol. The Balaban J connectivity index is 1.66. The molecule has 0 saturated carbocycles. The van der Waals surface area contributed by atoms with Crippen LogP contribution in [0.15, 0.2) is 42.6 Å². The van der Waals surface area contributed by atoms with E-state index in [1.807, 2.05) is 12.1 Å². The summed E-state index contributed by atoms with van der Waals surface area (Å²) in [5.74, 6) is -2.61. The Morgan fingerprint density at radius 2 is 2.07 bits per heavy atom. The van der Waals surface area contributed by atoms with Crippen LogP contribution in [0.2, 0.25) is 0 Å². The number of hydrogen-bond acceptors (Lipinski definition) is 3. The summed E-state index contributed by atoms with van der Waals surface area (Å²) in [4.78, 5) is 32.4. The summed E-state index contributed by atoms with van der Waals surface area (Å²) in [6.07, 6.45) is 1.80. The zero-order valence-corrected chi connectivity index (χ0v) is 15.2. The van der Waals surface area contributed by atoms with Crippen LogP contribution in [0.1, 0.15) is 30.6 Å². The topological polar surface area (TPSA) is 53.5 Å². The van der Waals surface area contributed by atoms with E-state index in [0.29, 0.717) is 18.7 Å². The summed E-state index contributed by atoms with van der Waals surface area (Å²) in [5.41, 5.74) is 1.27. The molecule has 1 fully saturated rings. The Morgan fingerprint density at radius 1 is 1.30 bits per heavy atom. The van der Waals surface area contributed by atoms with Crippen LogP contribution < -0.4 is 0 Å². The van der Waals surface area contributed by atoms with Crippen LogP contribution in [0.25, 0.3) is 0 Å². The molecule has 0 N–H and O–H groups in total. The lowest BCUT2D eigenvalue weighted by Crippen LogP contribution is -2.36. The highest BCUT2D eigenvalue weighted by Crippen LogP contribution is 2.26. The van der Waals surface area contributed by atoms with E-state index in [9.17, 15) is 18.4 Å². The van der Waals surface area contributed by atoms with Crippen LogP contribution in [0.5, 0.6) is 0 Å². The number of aromatic nitrogens is 1. The summed E-state index contributed by atoms with van der Waals surface area (Å²) in [5, 5.41) is 0. The van der Waals surface area contributed by atoms with Crippen molar-refractivity contribution in [1.82, 2.24) is 14.8 Å². The number of carbonyl (C=O) groups is 2. The SMILES string of the molecule is C[C@H](c1ccc(F)c(F)c1)N(C)C(=O)[C@@H]1CC(=O)N(Cc2ccccn2)C1. The van der Waals surface area contributed by atoms with Crippen molar-refractivity contribution in [3.05, 3.63) is 65.5 Å². The number of amides is 2. The van der Waals surface area contributed by atoms with Crippen molar-refractivity contribution >= 4 is 11.8 Å². The normalized spacial score (nSPS) is 17.9. The van der Waals surface area contributed by atoms with Crippen LogP contribution in [0, 0.1) is 17.6 Å². The first-order chi connectivity index (χ1) is 12.9. The van der Waals surface area contributed by atoms with Crippen LogP contribution in [-0.4, -0.2) is 40.2 Å². The molecule has 1 saturated heterocycles. The van der Waals surface area contributed by atoms with Gasteiger partial charge in [-0.3, -0.25) is 14.6 Å². The number of likely N-dealkylation sites (tertiary alicyclic amines) is 1. The molecule has 2 atom stereocenters. The second-order valence-corrected chi connectivity index (χ2v) is 6.80. The van der Waals surface area contributed by atoms with Crippen LogP contribution >= 0.6 is 0 Å². The Morgan fingerprint density at radius 3 is 2.74 bits per heavy atom. The number of rotatable bonds is 5. The fraction of sp³-hybridized carbons (Fsp3) is 0.350. The van der Waals surface area contributed by atoms with Gasteiger partial charge in [-0.25, -0.2) is 8.78 Å². The van der Waals surface area contributed by atoms with E-state index in [-0.39, 0.29) is 18.2 Å². The Bertz CT molecular complexity index is 844. The molecule has 7 heteroatoms. The highest BCUT2D eigenvalue weighted by molar-refractivity contribution is 5.89. The van der Waals surface area contributed by atoms with Gasteiger partial charge >= 0.3 is 0 Å². The van der Waals surface area contributed by atoms with Gasteiger partial charge in [0.2, 0.25) is 11.8 Å². The van der Waals surface area contributed by atoms with E-state index in [1.165, 1.54) is 11.0 Å². The summed E-state index contributed by atoms with van der Waals surface area (Å²) in [6, 6.07) is 8.65. The molecule has 2 heterocycles. The van der Waals surface area contributed by atoms with Gasteiger partial charge in [0.05, 0.1) is 24.2 Å². The molecule has 1 aromatic heterocycles. The first-order valence-electron chi connectivity index (χ1n) is 8.76. The molecule has 0 unspecified atom stereocenters. The van der Waals surface area contributed by atoms with Crippen molar-refractivity contribution in [1.29, 1.82) is 0 Å². The minimum atomic E-state index is -0.947. The van der Waals surface area contributed by atoms with Crippen molar-refractivity contribution in [2.45, 2.75) is 25.9 Å². The fourth-order valence-electron chi connectivity index (χ4n) is 3.25. The molecule has 2 amide bonds. The van der Waals surface area contributed by atoms with Gasteiger partial charge < -0.3 is 9.80 Å². The summed E-state index contributed by atoms with van der Waals surface area (Å²) in [7, 11) is 1.61. The van der Waals surface area contributed by atoms with Gasteiger partial charge in [0.25, 0.3) is 0 Å². The Labute approximate surface area is 156 Å². The van der Waals surface area contributed by atoms with Gasteiger partial charge in [-0.1, -0.05) is 12.1 Å². The molecule has 27 heavy (non-hydrogen) atoms. The third kappa shape index (κ3) is 4.13. The van der Waals surface area contributed by atoms with E-state index in [1.54, 1.807) is 31.1 Å². The third-order valence-corrected chi connectivity index (χ3v) is 5.00. The first-order valence-corrected chi connectivity index (χ1v) is 8.76. The molecule has 1 aromatic carbocycles. The molecular formula is C20H21F2N3O2. The maximum atomic E-state index is 13.5. The number of hydrogen-bond donors (Lipinski definition) is 0. The number of carbonyl (C=O) groups excluding carboxylic acids is 2. The minimum Gasteiger partial charge on any atom is -0.339 e. The largest absolute Gasteiger partial charge is 0.339 e. The number of pyridine rings is 1. The molecule has 0 radical (unpaired) electrons. The van der Waals surface area contributed by atoms with Crippen molar-refractivity contribution in [2.24, 2.45) is 5.92 Å². The van der Waals surface area contributed by atoms with Crippen LogP contribution in [-0.2, 0) is 16.1 Å². The number of halogens is 2. The van der Waals surface area contributed by atoms with Gasteiger partial charge in [-0.15, -0.1) is 0 Å². The second-order valence-electron chi connectivity index (χ2n) is 6.80. The highest BCUT2D eigenvalue weighted by Gasteiger charge is 2.37. The molecular weight excluding hydrogens is 352 g/mol. The highest BCUT2D eigenvalue weighted by atomic mass is 19.2. The van der Waals surface area contributed by atoms with Crippen LogP contribution in [0.4, 0.5) is 8.78 Å². The molecule has 1 aliphatic rings. The Hall–Kier alpha value is -2.83. The maximum absolute atomic E-state index is 13.5. The molecule has 0 aliphatic carbocycles. The monoisotopic (exact) mass is 373 g/mol. The summed E-state index contributed by atoms with van der Waals surface area (Å²) >= 11 is 0. The number of nitrogens with zero attached hydrogens (tertiary/aromatic N) is 3. The van der Waals surface area contributed by atoms with Crippen molar-refractivity contribution < 1.29 is 18.4 Å². The Kier molecular flexibility index (Phi) is 5.48. The minimum absolute atomic E-state index is 0.0899. The third-order valence-electron chi connectivity index (χ3n) is 5.00. The number of benzene rings is 1. The quantitative estimate of drug-likeness (QED) is 0.810. The first kappa shape index (κ1) is 18.9. The molecule has 3 rings (SSSR count).